The highest BCUT2D eigenvalue weighted by Gasteiger charge is 2.58. The van der Waals surface area contributed by atoms with Gasteiger partial charge < -0.3 is 43.1 Å². The summed E-state index contributed by atoms with van der Waals surface area (Å²) >= 11 is 6.76. The van der Waals surface area contributed by atoms with Crippen molar-refractivity contribution in [3.8, 4) is 5.75 Å². The molecule has 9 rings (SSSR count). The normalized spacial score (nSPS) is 25.4. The molecule has 2 bridgehead atoms. The van der Waals surface area contributed by atoms with E-state index in [2.05, 4.69) is 145 Å². The summed E-state index contributed by atoms with van der Waals surface area (Å²) in [5.74, 6) is 0.463. The largest absolute Gasteiger partial charge is 0.494 e. The SMILES string of the molecule is CC1[C@H](O)C(O[Si](c2ccccc2)(c2ccccc2)C(C)(C)C)[C@@H]2OC[C@H]1O2.CCOc1ccc(Cc2cc([C@@H]3O[C@H](CO)C(C)[C@H](O)C3O[Si](c3ccccc3)(c3ccccc3)C(C)(C)C)ccc2Cl)cc1. The van der Waals surface area contributed by atoms with E-state index < -0.39 is 59.5 Å². The Kier molecular flexibility index (Phi) is 17.4. The Labute approximate surface area is 440 Å². The van der Waals surface area contributed by atoms with E-state index in [1.165, 1.54) is 10.4 Å². The Morgan fingerprint density at radius 1 is 0.603 bits per heavy atom. The fourth-order valence-electron chi connectivity index (χ4n) is 11.2. The molecule has 3 fully saturated rings. The van der Waals surface area contributed by atoms with Crippen LogP contribution < -0.4 is 25.5 Å². The van der Waals surface area contributed by atoms with E-state index in [1.807, 2.05) is 81.4 Å². The molecular formula is C61H75ClO9Si2. The van der Waals surface area contributed by atoms with Gasteiger partial charge in [0.15, 0.2) is 6.29 Å². The molecule has 388 valence electrons. The van der Waals surface area contributed by atoms with Gasteiger partial charge in [-0.15, -0.1) is 0 Å². The monoisotopic (exact) mass is 1040 g/mol. The van der Waals surface area contributed by atoms with Crippen LogP contribution in [0.4, 0.5) is 0 Å². The second-order valence-corrected chi connectivity index (χ2v) is 30.9. The van der Waals surface area contributed by atoms with Crippen molar-refractivity contribution in [2.75, 3.05) is 19.8 Å². The zero-order chi connectivity index (χ0) is 52.1. The molecule has 3 N–H and O–H groups in total. The molecule has 9 nitrogen and oxygen atoms in total. The Balaban J connectivity index is 0.000000217. The van der Waals surface area contributed by atoms with Crippen LogP contribution in [-0.4, -0.2) is 94.7 Å². The van der Waals surface area contributed by atoms with Gasteiger partial charge in [-0.1, -0.05) is 213 Å². The van der Waals surface area contributed by atoms with Crippen molar-refractivity contribution in [3.05, 3.63) is 186 Å². The first-order valence-electron chi connectivity index (χ1n) is 25.9. The second kappa shape index (κ2) is 23.2. The third-order valence-electron chi connectivity index (χ3n) is 15.2. The minimum atomic E-state index is -3.05. The zero-order valence-electron chi connectivity index (χ0n) is 43.9. The molecule has 3 heterocycles. The lowest BCUT2D eigenvalue weighted by Gasteiger charge is -2.51. The molecule has 6 aromatic rings. The van der Waals surface area contributed by atoms with E-state index in [0.717, 1.165) is 32.8 Å². The summed E-state index contributed by atoms with van der Waals surface area (Å²) in [6, 6.07) is 55.7. The van der Waals surface area contributed by atoms with E-state index in [4.69, 9.17) is 39.4 Å². The van der Waals surface area contributed by atoms with Crippen molar-refractivity contribution in [1.29, 1.82) is 0 Å². The Morgan fingerprint density at radius 2 is 1.07 bits per heavy atom. The summed E-state index contributed by atoms with van der Waals surface area (Å²) in [5.41, 5.74) is 2.90. The summed E-state index contributed by atoms with van der Waals surface area (Å²) in [6.07, 6.45) is -3.85. The standard InChI is InChI=1S/C38H45ClO5Si.C23H30O4Si/c1-6-42-30-20-17-27(18-21-30)23-29-24-28(19-22-33(29)39)36-37(35(41)26(2)34(25-40)43-36)44-45(38(3,4)5,31-13-9-7-10-14-31)32-15-11-8-12-16-32;1-16-19-15-25-22(26-19)21(20(16)24)27-28(23(2,3)4,17-11-7-5-8-12-17)18-13-9-6-10-14-18/h7-22,24,26,34-37,40-41H,6,23,25H2,1-5H3;5-14,16,19-22,24H,15H2,1-4H3/t26?,34-,35+,36+,37?;16?,19-,20+,21?,22-/m11/s1. The minimum absolute atomic E-state index is 0.0260. The third kappa shape index (κ3) is 11.3. The number of hydrogen-bond donors (Lipinski definition) is 3. The molecule has 6 aromatic carbocycles. The maximum absolute atomic E-state index is 12.0. The van der Waals surface area contributed by atoms with Gasteiger partial charge in [0.2, 0.25) is 0 Å². The summed E-state index contributed by atoms with van der Waals surface area (Å²) in [5, 5.41) is 38.2. The lowest BCUT2D eigenvalue weighted by molar-refractivity contribution is -0.204. The van der Waals surface area contributed by atoms with E-state index in [1.54, 1.807) is 0 Å². The van der Waals surface area contributed by atoms with Crippen molar-refractivity contribution in [1.82, 2.24) is 0 Å². The number of fused-ring (bicyclic) bond motifs is 2. The molecule has 0 spiro atoms. The lowest BCUT2D eigenvalue weighted by atomic mass is 9.85. The first kappa shape index (κ1) is 54.8. The van der Waals surface area contributed by atoms with Crippen LogP contribution in [0.25, 0.3) is 0 Å². The van der Waals surface area contributed by atoms with Gasteiger partial charge in [-0.2, -0.15) is 0 Å². The molecule has 0 radical (unpaired) electrons. The first-order valence-corrected chi connectivity index (χ1v) is 30.1. The van der Waals surface area contributed by atoms with Crippen LogP contribution in [-0.2, 0) is 29.5 Å². The maximum atomic E-state index is 12.0. The van der Waals surface area contributed by atoms with Gasteiger partial charge in [0.05, 0.1) is 44.2 Å². The van der Waals surface area contributed by atoms with Crippen LogP contribution in [0.1, 0.15) is 85.1 Å². The van der Waals surface area contributed by atoms with Crippen molar-refractivity contribution in [2.45, 2.75) is 128 Å². The van der Waals surface area contributed by atoms with Gasteiger partial charge in [0.1, 0.15) is 24.1 Å². The molecule has 0 aliphatic carbocycles. The average molecular weight is 1040 g/mol. The average Bonchev–Trinajstić information content (AvgIpc) is 3.85. The van der Waals surface area contributed by atoms with Gasteiger partial charge >= 0.3 is 0 Å². The molecule has 4 unspecified atom stereocenters. The Hall–Kier alpha value is -4.48. The molecule has 3 aliphatic rings. The van der Waals surface area contributed by atoms with E-state index in [0.29, 0.717) is 24.7 Å². The number of aliphatic hydroxyl groups excluding tert-OH is 3. The summed E-state index contributed by atoms with van der Waals surface area (Å²) in [4.78, 5) is 0. The first-order chi connectivity index (χ1) is 34.9. The van der Waals surface area contributed by atoms with Crippen LogP contribution in [0, 0.1) is 11.8 Å². The molecule has 3 aliphatic heterocycles. The van der Waals surface area contributed by atoms with Crippen molar-refractivity contribution in [2.24, 2.45) is 11.8 Å². The van der Waals surface area contributed by atoms with Gasteiger partial charge in [0.25, 0.3) is 16.6 Å². The molecule has 0 saturated carbocycles. The smallest absolute Gasteiger partial charge is 0.261 e. The lowest BCUT2D eigenvalue weighted by Crippen LogP contribution is -2.70. The second-order valence-electron chi connectivity index (χ2n) is 21.9. The van der Waals surface area contributed by atoms with Gasteiger partial charge in [0, 0.05) is 16.9 Å². The van der Waals surface area contributed by atoms with Crippen LogP contribution >= 0.6 is 11.6 Å². The highest BCUT2D eigenvalue weighted by Crippen LogP contribution is 2.45. The number of hydrogen-bond acceptors (Lipinski definition) is 9. The molecule has 0 amide bonds. The van der Waals surface area contributed by atoms with Crippen LogP contribution in [0.5, 0.6) is 5.75 Å². The fraction of sp³-hybridized carbons (Fsp3) is 0.410. The summed E-state index contributed by atoms with van der Waals surface area (Å²) < 4.78 is 38.8. The molecular weight excluding hydrogens is 968 g/mol. The molecule has 12 heteroatoms. The van der Waals surface area contributed by atoms with Crippen LogP contribution in [0.15, 0.2) is 164 Å². The van der Waals surface area contributed by atoms with Crippen molar-refractivity contribution >= 4 is 49.0 Å². The molecule has 0 aromatic heterocycles. The summed E-state index contributed by atoms with van der Waals surface area (Å²) in [6.45, 7) is 20.2. The highest BCUT2D eigenvalue weighted by molar-refractivity contribution is 7.00. The molecule has 3 saturated heterocycles. The minimum Gasteiger partial charge on any atom is -0.494 e. The van der Waals surface area contributed by atoms with E-state index in [-0.39, 0.29) is 34.6 Å². The maximum Gasteiger partial charge on any atom is 0.261 e. The van der Waals surface area contributed by atoms with Crippen molar-refractivity contribution < 1.29 is 43.1 Å². The predicted octanol–water partition coefficient (Wildman–Crippen LogP) is 9.39. The number of benzene rings is 6. The Morgan fingerprint density at radius 3 is 1.52 bits per heavy atom. The highest BCUT2D eigenvalue weighted by atomic mass is 35.5. The number of halogens is 1. The third-order valence-corrected chi connectivity index (χ3v) is 25.6. The quantitative estimate of drug-likeness (QED) is 0.0919. The fourth-order valence-corrected chi connectivity index (χ4v) is 20.7. The molecule has 73 heavy (non-hydrogen) atoms. The summed E-state index contributed by atoms with van der Waals surface area (Å²) in [7, 11) is -5.82. The van der Waals surface area contributed by atoms with Gasteiger partial charge in [-0.3, -0.25) is 0 Å². The Bertz CT molecular complexity index is 2590. The predicted molar refractivity (Wildman–Crippen MR) is 297 cm³/mol. The zero-order valence-corrected chi connectivity index (χ0v) is 46.6. The topological polar surface area (TPSA) is 116 Å². The number of aliphatic hydroxyl groups is 3. The van der Waals surface area contributed by atoms with Gasteiger partial charge in [-0.25, -0.2) is 0 Å². The van der Waals surface area contributed by atoms with Crippen LogP contribution in [0.2, 0.25) is 15.1 Å². The molecule has 10 atom stereocenters. The van der Waals surface area contributed by atoms with Crippen molar-refractivity contribution in [3.63, 3.8) is 0 Å². The van der Waals surface area contributed by atoms with E-state index >= 15 is 0 Å². The van der Waals surface area contributed by atoms with Crippen LogP contribution in [0.3, 0.4) is 0 Å². The van der Waals surface area contributed by atoms with Gasteiger partial charge in [-0.05, 0) is 79.1 Å². The number of rotatable bonds is 14. The number of ether oxygens (including phenoxy) is 4. The van der Waals surface area contributed by atoms with E-state index in [9.17, 15) is 15.3 Å².